The van der Waals surface area contributed by atoms with Crippen molar-refractivity contribution in [2.24, 2.45) is 0 Å². The third-order valence-corrected chi connectivity index (χ3v) is 11.3. The van der Waals surface area contributed by atoms with Gasteiger partial charge in [-0.05, 0) is 49.0 Å². The predicted molar refractivity (Wildman–Crippen MR) is 143 cm³/mol. The normalized spacial score (nSPS) is 17.4. The summed E-state index contributed by atoms with van der Waals surface area (Å²) in [5.74, 6) is -0.273. The minimum Gasteiger partial charge on any atom is -0.452 e. The van der Waals surface area contributed by atoms with Crippen molar-refractivity contribution in [2.75, 3.05) is 6.61 Å². The summed E-state index contributed by atoms with van der Waals surface area (Å²) in [4.78, 5) is 11.6. The molecule has 0 aliphatic carbocycles. The molecule has 0 spiro atoms. The number of hydrogen-bond donors (Lipinski definition) is 0. The quantitative estimate of drug-likeness (QED) is 0.104. The van der Waals surface area contributed by atoms with Crippen molar-refractivity contribution in [3.63, 3.8) is 0 Å². The van der Waals surface area contributed by atoms with E-state index < -0.39 is 8.32 Å². The van der Waals surface area contributed by atoms with Gasteiger partial charge in [-0.1, -0.05) is 95.4 Å². The van der Waals surface area contributed by atoms with Crippen molar-refractivity contribution >= 4 is 14.3 Å². The molecule has 0 bridgehead atoms. The minimum atomic E-state index is -1.96. The van der Waals surface area contributed by atoms with Crippen LogP contribution in [0, 0.1) is 0 Å². The Morgan fingerprint density at radius 2 is 1.65 bits per heavy atom. The number of carbonyl (C=O) groups is 1. The molecule has 0 fully saturated rings. The van der Waals surface area contributed by atoms with Gasteiger partial charge in [0.25, 0.3) is 0 Å². The second-order valence-electron chi connectivity index (χ2n) is 10.8. The van der Waals surface area contributed by atoms with E-state index in [2.05, 4.69) is 70.3 Å². The lowest BCUT2D eigenvalue weighted by atomic mass is 10.1. The SMILES string of the molecule is CC(C)(C)[Si](C)(C)O[C@H](/C=C/CCCCCCCCCOCc1ccccc1)[C@H]1C=CC(=O)O1. The van der Waals surface area contributed by atoms with E-state index in [-0.39, 0.29) is 23.2 Å². The Morgan fingerprint density at radius 3 is 2.26 bits per heavy atom. The average molecular weight is 487 g/mol. The van der Waals surface area contributed by atoms with Crippen LogP contribution in [0.25, 0.3) is 0 Å². The summed E-state index contributed by atoms with van der Waals surface area (Å²) in [6.45, 7) is 12.7. The highest BCUT2D eigenvalue weighted by atomic mass is 28.4. The number of rotatable bonds is 16. The number of hydrogen-bond acceptors (Lipinski definition) is 4. The summed E-state index contributed by atoms with van der Waals surface area (Å²) >= 11 is 0. The molecule has 0 N–H and O–H groups in total. The Morgan fingerprint density at radius 1 is 1.00 bits per heavy atom. The fourth-order valence-electron chi connectivity index (χ4n) is 3.64. The number of benzene rings is 1. The maximum atomic E-state index is 11.6. The van der Waals surface area contributed by atoms with Crippen LogP contribution < -0.4 is 0 Å². The highest BCUT2D eigenvalue weighted by Gasteiger charge is 2.41. The van der Waals surface area contributed by atoms with Crippen LogP contribution in [-0.2, 0) is 25.3 Å². The Hall–Kier alpha value is -1.69. The lowest BCUT2D eigenvalue weighted by molar-refractivity contribution is -0.141. The molecule has 2 atom stereocenters. The summed E-state index contributed by atoms with van der Waals surface area (Å²) in [6, 6.07) is 10.4. The highest BCUT2D eigenvalue weighted by molar-refractivity contribution is 6.74. The largest absolute Gasteiger partial charge is 0.452 e. The van der Waals surface area contributed by atoms with Crippen LogP contribution in [-0.4, -0.2) is 33.1 Å². The minimum absolute atomic E-state index is 0.111. The zero-order chi connectivity index (χ0) is 24.9. The van der Waals surface area contributed by atoms with E-state index in [1.807, 2.05) is 12.1 Å². The molecule has 0 amide bonds. The number of unbranched alkanes of at least 4 members (excludes halogenated alkanes) is 7. The maximum absolute atomic E-state index is 11.6. The number of cyclic esters (lactones) is 1. The molecule has 1 aliphatic heterocycles. The van der Waals surface area contributed by atoms with Gasteiger partial charge in [0, 0.05) is 12.7 Å². The van der Waals surface area contributed by atoms with Gasteiger partial charge in [-0.3, -0.25) is 0 Å². The molecule has 0 unspecified atom stereocenters. The van der Waals surface area contributed by atoms with Crippen molar-refractivity contribution in [1.29, 1.82) is 0 Å². The number of esters is 1. The van der Waals surface area contributed by atoms with E-state index in [1.54, 1.807) is 0 Å². The molecule has 34 heavy (non-hydrogen) atoms. The van der Waals surface area contributed by atoms with E-state index in [4.69, 9.17) is 13.9 Å². The molecule has 2 rings (SSSR count). The third kappa shape index (κ3) is 10.7. The molecule has 1 aromatic rings. The van der Waals surface area contributed by atoms with E-state index in [0.29, 0.717) is 0 Å². The molecule has 0 saturated heterocycles. The van der Waals surface area contributed by atoms with Crippen molar-refractivity contribution in [1.82, 2.24) is 0 Å². The topological polar surface area (TPSA) is 44.8 Å². The van der Waals surface area contributed by atoms with Crippen LogP contribution in [0.3, 0.4) is 0 Å². The van der Waals surface area contributed by atoms with Gasteiger partial charge in [0.1, 0.15) is 12.2 Å². The second kappa shape index (κ2) is 14.6. The van der Waals surface area contributed by atoms with Gasteiger partial charge in [-0.15, -0.1) is 0 Å². The van der Waals surface area contributed by atoms with Crippen LogP contribution in [0.4, 0.5) is 0 Å². The predicted octanol–water partition coefficient (Wildman–Crippen LogP) is 7.75. The molecule has 190 valence electrons. The zero-order valence-corrected chi connectivity index (χ0v) is 23.1. The molecule has 1 aliphatic rings. The van der Waals surface area contributed by atoms with Crippen molar-refractivity contribution < 1.29 is 18.7 Å². The Labute approximate surface area is 208 Å². The highest BCUT2D eigenvalue weighted by Crippen LogP contribution is 2.38. The first kappa shape index (κ1) is 28.5. The van der Waals surface area contributed by atoms with Crippen LogP contribution >= 0.6 is 0 Å². The second-order valence-corrected chi connectivity index (χ2v) is 15.6. The average Bonchev–Trinajstić information content (AvgIpc) is 3.22. The van der Waals surface area contributed by atoms with Gasteiger partial charge < -0.3 is 13.9 Å². The van der Waals surface area contributed by atoms with Crippen LogP contribution in [0.2, 0.25) is 18.1 Å². The first-order chi connectivity index (χ1) is 16.2. The molecular formula is C29H46O4Si. The summed E-state index contributed by atoms with van der Waals surface area (Å²) in [6.07, 6.45) is 16.9. The molecule has 1 heterocycles. The smallest absolute Gasteiger partial charge is 0.331 e. The van der Waals surface area contributed by atoms with Gasteiger partial charge in [0.15, 0.2) is 8.32 Å². The molecule has 4 nitrogen and oxygen atoms in total. The van der Waals surface area contributed by atoms with Crippen molar-refractivity contribution in [2.45, 2.75) is 109 Å². The molecule has 0 saturated carbocycles. The van der Waals surface area contributed by atoms with Gasteiger partial charge in [0.2, 0.25) is 0 Å². The Balaban J connectivity index is 1.56. The van der Waals surface area contributed by atoms with E-state index in [9.17, 15) is 4.79 Å². The van der Waals surface area contributed by atoms with Crippen molar-refractivity contribution in [3.8, 4) is 0 Å². The molecule has 0 radical (unpaired) electrons. The maximum Gasteiger partial charge on any atom is 0.331 e. The van der Waals surface area contributed by atoms with Crippen LogP contribution in [0.5, 0.6) is 0 Å². The van der Waals surface area contributed by atoms with Crippen molar-refractivity contribution in [3.05, 3.63) is 60.2 Å². The zero-order valence-electron chi connectivity index (χ0n) is 22.1. The summed E-state index contributed by atoms with van der Waals surface area (Å²) in [5.41, 5.74) is 1.25. The number of ether oxygens (including phenoxy) is 2. The number of allylic oxidation sites excluding steroid dienone is 1. The summed E-state index contributed by atoms with van der Waals surface area (Å²) in [5, 5.41) is 0.111. The first-order valence-corrected chi connectivity index (χ1v) is 15.9. The fraction of sp³-hybridized carbons (Fsp3) is 0.621. The van der Waals surface area contributed by atoms with E-state index in [0.717, 1.165) is 26.1 Å². The fourth-order valence-corrected chi connectivity index (χ4v) is 4.89. The number of carbonyl (C=O) groups excluding carboxylic acids is 1. The van der Waals surface area contributed by atoms with Gasteiger partial charge in [-0.25, -0.2) is 4.79 Å². The molecular weight excluding hydrogens is 440 g/mol. The van der Waals surface area contributed by atoms with Gasteiger partial charge >= 0.3 is 5.97 Å². The Bertz CT molecular complexity index is 764. The monoisotopic (exact) mass is 486 g/mol. The summed E-state index contributed by atoms with van der Waals surface area (Å²) in [7, 11) is -1.96. The van der Waals surface area contributed by atoms with Gasteiger partial charge in [-0.2, -0.15) is 0 Å². The van der Waals surface area contributed by atoms with E-state index >= 15 is 0 Å². The molecule has 5 heteroatoms. The Kier molecular flexibility index (Phi) is 12.3. The third-order valence-electron chi connectivity index (χ3n) is 6.83. The lowest BCUT2D eigenvalue weighted by Crippen LogP contribution is -2.46. The van der Waals surface area contributed by atoms with Crippen LogP contribution in [0.15, 0.2) is 54.6 Å². The molecule has 0 aromatic heterocycles. The van der Waals surface area contributed by atoms with Gasteiger partial charge in [0.05, 0.1) is 6.61 Å². The standard InChI is InChI=1S/C29H46O4Si/c1-29(2,3)34(4,5)33-27(26-21-22-28(30)32-26)20-16-11-9-7-6-8-10-12-17-23-31-24-25-18-14-13-15-19-25/h13-16,18-22,26-27H,6-12,17,23-24H2,1-5H3/b20-16+/t26-,27-/m1/s1. The first-order valence-electron chi connectivity index (χ1n) is 13.0. The summed E-state index contributed by atoms with van der Waals surface area (Å²) < 4.78 is 17.8. The lowest BCUT2D eigenvalue weighted by Gasteiger charge is -2.39. The molecule has 1 aromatic carbocycles. The van der Waals surface area contributed by atoms with E-state index in [1.165, 1.54) is 50.2 Å². The van der Waals surface area contributed by atoms with Crippen LogP contribution in [0.1, 0.15) is 77.7 Å².